The van der Waals surface area contributed by atoms with Crippen molar-refractivity contribution in [3.8, 4) is 0 Å². The van der Waals surface area contributed by atoms with Crippen molar-refractivity contribution in [2.24, 2.45) is 5.41 Å². The third-order valence-electron chi connectivity index (χ3n) is 3.22. The average molecular weight is 292 g/mol. The normalized spacial score (nSPS) is 14.6. The molecule has 2 unspecified atom stereocenters. The fourth-order valence-electron chi connectivity index (χ4n) is 2.07. The Bertz CT molecular complexity index is 449. The Labute approximate surface area is 128 Å². The molecule has 1 rings (SSSR count). The third kappa shape index (κ3) is 7.25. The highest BCUT2D eigenvalue weighted by Gasteiger charge is 2.19. The fraction of sp³-hybridized carbons (Fsp3) is 0.588. The number of aryl methyl sites for hydroxylation is 1. The molecule has 1 aromatic carbocycles. The Morgan fingerprint density at radius 1 is 1.24 bits per heavy atom. The molecule has 0 heterocycles. The van der Waals surface area contributed by atoms with Gasteiger partial charge < -0.3 is 15.7 Å². The van der Waals surface area contributed by atoms with Crippen LogP contribution in [-0.2, 0) is 4.79 Å². The molecule has 0 radical (unpaired) electrons. The van der Waals surface area contributed by atoms with Crippen LogP contribution < -0.4 is 10.6 Å². The standard InChI is InChI=1S/C17H28N2O2/c1-12-6-8-14(9-7-12)19-16(21)13(2)18-11-15(20)10-17(3,4)5/h6-9,13,15,18,20H,10-11H2,1-5H3,(H,19,21). The summed E-state index contributed by atoms with van der Waals surface area (Å²) in [6, 6.07) is 7.34. The molecule has 0 saturated carbocycles. The Morgan fingerprint density at radius 3 is 2.33 bits per heavy atom. The fourth-order valence-corrected chi connectivity index (χ4v) is 2.07. The van der Waals surface area contributed by atoms with Crippen molar-refractivity contribution in [3.05, 3.63) is 29.8 Å². The Balaban J connectivity index is 2.39. The maximum absolute atomic E-state index is 12.0. The van der Waals surface area contributed by atoms with E-state index >= 15 is 0 Å². The lowest BCUT2D eigenvalue weighted by molar-refractivity contribution is -0.117. The number of benzene rings is 1. The highest BCUT2D eigenvalue weighted by Crippen LogP contribution is 2.20. The smallest absolute Gasteiger partial charge is 0.241 e. The van der Waals surface area contributed by atoms with E-state index in [1.165, 1.54) is 0 Å². The monoisotopic (exact) mass is 292 g/mol. The van der Waals surface area contributed by atoms with Crippen molar-refractivity contribution in [2.75, 3.05) is 11.9 Å². The van der Waals surface area contributed by atoms with Crippen molar-refractivity contribution in [3.63, 3.8) is 0 Å². The van der Waals surface area contributed by atoms with Gasteiger partial charge in [0.1, 0.15) is 0 Å². The summed E-state index contributed by atoms with van der Waals surface area (Å²) in [7, 11) is 0. The zero-order valence-corrected chi connectivity index (χ0v) is 13.7. The molecule has 0 aromatic heterocycles. The number of nitrogens with one attached hydrogen (secondary N) is 2. The van der Waals surface area contributed by atoms with E-state index in [0.29, 0.717) is 13.0 Å². The van der Waals surface area contributed by atoms with E-state index in [1.54, 1.807) is 6.92 Å². The summed E-state index contributed by atoms with van der Waals surface area (Å²) < 4.78 is 0. The van der Waals surface area contributed by atoms with Crippen molar-refractivity contribution in [1.29, 1.82) is 0 Å². The van der Waals surface area contributed by atoms with E-state index < -0.39 is 6.10 Å². The number of hydrogen-bond acceptors (Lipinski definition) is 3. The number of carbonyl (C=O) groups is 1. The maximum Gasteiger partial charge on any atom is 0.241 e. The van der Waals surface area contributed by atoms with Crippen LogP contribution in [0.4, 0.5) is 5.69 Å². The number of amides is 1. The van der Waals surface area contributed by atoms with Gasteiger partial charge in [0.25, 0.3) is 0 Å². The first-order valence-electron chi connectivity index (χ1n) is 7.46. The van der Waals surface area contributed by atoms with Gasteiger partial charge in [0.05, 0.1) is 12.1 Å². The SMILES string of the molecule is Cc1ccc(NC(=O)C(C)NCC(O)CC(C)(C)C)cc1. The minimum atomic E-state index is -0.445. The lowest BCUT2D eigenvalue weighted by Crippen LogP contribution is -2.42. The molecule has 0 fully saturated rings. The molecule has 2 atom stereocenters. The molecular weight excluding hydrogens is 264 g/mol. The largest absolute Gasteiger partial charge is 0.392 e. The van der Waals surface area contributed by atoms with Gasteiger partial charge in [-0.1, -0.05) is 38.5 Å². The van der Waals surface area contributed by atoms with Crippen LogP contribution in [0.3, 0.4) is 0 Å². The van der Waals surface area contributed by atoms with Crippen LogP contribution in [0, 0.1) is 12.3 Å². The average Bonchev–Trinajstić information content (AvgIpc) is 2.36. The molecule has 4 nitrogen and oxygen atoms in total. The molecule has 0 aliphatic carbocycles. The number of hydrogen-bond donors (Lipinski definition) is 3. The molecule has 0 saturated heterocycles. The maximum atomic E-state index is 12.0. The third-order valence-corrected chi connectivity index (χ3v) is 3.22. The van der Waals surface area contributed by atoms with Gasteiger partial charge in [0.2, 0.25) is 5.91 Å². The van der Waals surface area contributed by atoms with Crippen LogP contribution in [-0.4, -0.2) is 29.7 Å². The molecule has 1 aromatic rings. The predicted molar refractivity (Wildman–Crippen MR) is 87.4 cm³/mol. The summed E-state index contributed by atoms with van der Waals surface area (Å²) >= 11 is 0. The molecule has 118 valence electrons. The van der Waals surface area contributed by atoms with E-state index in [9.17, 15) is 9.90 Å². The second-order valence-electron chi connectivity index (χ2n) is 6.90. The van der Waals surface area contributed by atoms with E-state index in [-0.39, 0.29) is 17.4 Å². The van der Waals surface area contributed by atoms with Gasteiger partial charge in [0.15, 0.2) is 0 Å². The number of rotatable bonds is 6. The molecule has 21 heavy (non-hydrogen) atoms. The highest BCUT2D eigenvalue weighted by atomic mass is 16.3. The van der Waals surface area contributed by atoms with Crippen LogP contribution in [0.15, 0.2) is 24.3 Å². The van der Waals surface area contributed by atoms with Crippen molar-refractivity contribution in [1.82, 2.24) is 5.32 Å². The van der Waals surface area contributed by atoms with Crippen LogP contribution in [0.1, 0.15) is 39.7 Å². The van der Waals surface area contributed by atoms with Gasteiger partial charge in [-0.05, 0) is 37.8 Å². The lowest BCUT2D eigenvalue weighted by Gasteiger charge is -2.23. The van der Waals surface area contributed by atoms with Crippen LogP contribution in [0.2, 0.25) is 0 Å². The molecule has 3 N–H and O–H groups in total. The minimum Gasteiger partial charge on any atom is -0.392 e. The summed E-state index contributed by atoms with van der Waals surface area (Å²) in [6.45, 7) is 10.5. The number of anilines is 1. The van der Waals surface area contributed by atoms with Gasteiger partial charge in [-0.3, -0.25) is 4.79 Å². The van der Waals surface area contributed by atoms with Gasteiger partial charge in [-0.25, -0.2) is 0 Å². The van der Waals surface area contributed by atoms with Gasteiger partial charge >= 0.3 is 0 Å². The molecule has 0 aliphatic heterocycles. The Morgan fingerprint density at radius 2 is 1.81 bits per heavy atom. The molecule has 4 heteroatoms. The summed E-state index contributed by atoms with van der Waals surface area (Å²) in [4.78, 5) is 12.0. The van der Waals surface area contributed by atoms with Gasteiger partial charge in [-0.2, -0.15) is 0 Å². The second-order valence-corrected chi connectivity index (χ2v) is 6.90. The van der Waals surface area contributed by atoms with Gasteiger partial charge in [-0.15, -0.1) is 0 Å². The summed E-state index contributed by atoms with van der Waals surface area (Å²) in [5.41, 5.74) is 2.02. The first kappa shape index (κ1) is 17.7. The first-order valence-corrected chi connectivity index (χ1v) is 7.46. The minimum absolute atomic E-state index is 0.0779. The van der Waals surface area contributed by atoms with E-state index in [4.69, 9.17) is 0 Å². The molecule has 1 amide bonds. The predicted octanol–water partition coefficient (Wildman–Crippen LogP) is 2.71. The number of aliphatic hydroxyl groups is 1. The summed E-state index contributed by atoms with van der Waals surface area (Å²) in [6.07, 6.45) is 0.256. The Hall–Kier alpha value is -1.39. The first-order chi connectivity index (χ1) is 9.67. The van der Waals surface area contributed by atoms with Gasteiger partial charge in [0, 0.05) is 12.2 Å². The molecule has 0 spiro atoms. The van der Waals surface area contributed by atoms with Crippen molar-refractivity contribution >= 4 is 11.6 Å². The van der Waals surface area contributed by atoms with Crippen molar-refractivity contribution in [2.45, 2.75) is 53.2 Å². The van der Waals surface area contributed by atoms with E-state index in [0.717, 1.165) is 11.3 Å². The quantitative estimate of drug-likeness (QED) is 0.755. The van der Waals surface area contributed by atoms with Crippen LogP contribution in [0.5, 0.6) is 0 Å². The molecule has 0 aliphatic rings. The van der Waals surface area contributed by atoms with Crippen molar-refractivity contribution < 1.29 is 9.90 Å². The topological polar surface area (TPSA) is 61.4 Å². The van der Waals surface area contributed by atoms with E-state index in [1.807, 2.05) is 31.2 Å². The zero-order chi connectivity index (χ0) is 16.0. The summed E-state index contributed by atoms with van der Waals surface area (Å²) in [5, 5.41) is 15.9. The van der Waals surface area contributed by atoms with Crippen LogP contribution >= 0.6 is 0 Å². The lowest BCUT2D eigenvalue weighted by atomic mass is 9.89. The Kier molecular flexibility index (Phi) is 6.37. The number of aliphatic hydroxyl groups excluding tert-OH is 1. The molecular formula is C17H28N2O2. The number of carbonyl (C=O) groups excluding carboxylic acids is 1. The second kappa shape index (κ2) is 7.57. The summed E-state index contributed by atoms with van der Waals surface area (Å²) in [5.74, 6) is -0.0955. The zero-order valence-electron chi connectivity index (χ0n) is 13.7. The molecule has 0 bridgehead atoms. The highest BCUT2D eigenvalue weighted by molar-refractivity contribution is 5.94. The van der Waals surface area contributed by atoms with Crippen LogP contribution in [0.25, 0.3) is 0 Å². The van der Waals surface area contributed by atoms with E-state index in [2.05, 4.69) is 31.4 Å².